The first-order chi connectivity index (χ1) is 10.9. The van der Waals surface area contributed by atoms with Crippen LogP contribution in [0.1, 0.15) is 31.1 Å². The topological polar surface area (TPSA) is 106 Å². The lowest BCUT2D eigenvalue weighted by atomic mass is 10.0. The molecule has 0 bridgehead atoms. The summed E-state index contributed by atoms with van der Waals surface area (Å²) < 4.78 is 10.4. The lowest BCUT2D eigenvalue weighted by molar-refractivity contribution is -0.129. The predicted octanol–water partition coefficient (Wildman–Crippen LogP) is 0.337. The zero-order chi connectivity index (χ0) is 17.0. The molecule has 0 aliphatic carbocycles. The molecule has 0 fully saturated rings. The molecule has 3 N–H and O–H groups in total. The minimum atomic E-state index is -0.732. The molecule has 2 rings (SSSR count). The third-order valence-corrected chi connectivity index (χ3v) is 3.24. The number of carbonyl (C=O) groups excluding carboxylic acids is 3. The molecule has 8 nitrogen and oxygen atoms in total. The highest BCUT2D eigenvalue weighted by Gasteiger charge is 2.23. The van der Waals surface area contributed by atoms with Gasteiger partial charge in [-0.15, -0.1) is 0 Å². The van der Waals surface area contributed by atoms with Crippen molar-refractivity contribution in [3.8, 4) is 11.5 Å². The van der Waals surface area contributed by atoms with Gasteiger partial charge in [-0.05, 0) is 24.1 Å². The second-order valence-corrected chi connectivity index (χ2v) is 5.43. The van der Waals surface area contributed by atoms with Gasteiger partial charge in [0.05, 0.1) is 0 Å². The fourth-order valence-corrected chi connectivity index (χ4v) is 2.06. The van der Waals surface area contributed by atoms with Crippen LogP contribution in [0.25, 0.3) is 0 Å². The maximum absolute atomic E-state index is 12.1. The van der Waals surface area contributed by atoms with Crippen molar-refractivity contribution in [2.45, 2.75) is 26.8 Å². The van der Waals surface area contributed by atoms with Crippen LogP contribution in [0.4, 0.5) is 0 Å². The lowest BCUT2D eigenvalue weighted by Gasteiger charge is -2.21. The fraction of sp³-hybridized carbons (Fsp3) is 0.400. The monoisotopic (exact) mass is 321 g/mol. The highest BCUT2D eigenvalue weighted by molar-refractivity contribution is 5.97. The normalized spacial score (nSPS) is 13.4. The Morgan fingerprint density at radius 3 is 2.43 bits per heavy atom. The van der Waals surface area contributed by atoms with E-state index in [1.165, 1.54) is 13.0 Å². The van der Waals surface area contributed by atoms with E-state index in [0.717, 1.165) is 0 Å². The Morgan fingerprint density at radius 2 is 1.78 bits per heavy atom. The molecule has 1 aliphatic rings. The van der Waals surface area contributed by atoms with Gasteiger partial charge in [0.1, 0.15) is 6.04 Å². The van der Waals surface area contributed by atoms with Crippen molar-refractivity contribution >= 4 is 17.7 Å². The summed E-state index contributed by atoms with van der Waals surface area (Å²) in [6.45, 7) is 5.03. The van der Waals surface area contributed by atoms with Crippen molar-refractivity contribution in [3.63, 3.8) is 0 Å². The smallest absolute Gasteiger partial charge is 0.269 e. The van der Waals surface area contributed by atoms with Gasteiger partial charge in [0.2, 0.25) is 12.7 Å². The van der Waals surface area contributed by atoms with Crippen molar-refractivity contribution in [1.29, 1.82) is 0 Å². The zero-order valence-corrected chi connectivity index (χ0v) is 13.1. The Labute approximate surface area is 133 Å². The zero-order valence-electron chi connectivity index (χ0n) is 13.1. The van der Waals surface area contributed by atoms with E-state index in [1.54, 1.807) is 26.0 Å². The van der Waals surface area contributed by atoms with Crippen molar-refractivity contribution in [3.05, 3.63) is 23.8 Å². The first kappa shape index (κ1) is 16.6. The Morgan fingerprint density at radius 1 is 1.09 bits per heavy atom. The lowest BCUT2D eigenvalue weighted by Crippen LogP contribution is -2.54. The van der Waals surface area contributed by atoms with Gasteiger partial charge in [0.25, 0.3) is 11.8 Å². The SMILES string of the molecule is CC(=O)N[C@H](C(=O)NNC(=O)c1ccc2c(c1)OCO2)C(C)C. The molecule has 0 saturated heterocycles. The fourth-order valence-electron chi connectivity index (χ4n) is 2.06. The summed E-state index contributed by atoms with van der Waals surface area (Å²) >= 11 is 0. The minimum Gasteiger partial charge on any atom is -0.454 e. The molecule has 0 saturated carbocycles. The highest BCUT2D eigenvalue weighted by Crippen LogP contribution is 2.32. The van der Waals surface area contributed by atoms with Gasteiger partial charge in [0, 0.05) is 12.5 Å². The number of amides is 3. The molecular weight excluding hydrogens is 302 g/mol. The Balaban J connectivity index is 1.95. The van der Waals surface area contributed by atoms with Gasteiger partial charge in [-0.2, -0.15) is 0 Å². The molecule has 0 radical (unpaired) electrons. The van der Waals surface area contributed by atoms with Gasteiger partial charge in [-0.3, -0.25) is 25.2 Å². The number of nitrogens with one attached hydrogen (secondary N) is 3. The Hall–Kier alpha value is -2.77. The maximum atomic E-state index is 12.1. The van der Waals surface area contributed by atoms with Crippen LogP contribution in [0.5, 0.6) is 11.5 Å². The molecule has 8 heteroatoms. The van der Waals surface area contributed by atoms with Crippen LogP contribution >= 0.6 is 0 Å². The molecule has 124 valence electrons. The molecule has 3 amide bonds. The van der Waals surface area contributed by atoms with Crippen LogP contribution in [0, 0.1) is 5.92 Å². The number of ether oxygens (including phenoxy) is 2. The van der Waals surface area contributed by atoms with Crippen molar-refractivity contribution in [1.82, 2.24) is 16.2 Å². The molecular formula is C15H19N3O5. The second-order valence-electron chi connectivity index (χ2n) is 5.43. The summed E-state index contributed by atoms with van der Waals surface area (Å²) in [5.74, 6) is -0.396. The van der Waals surface area contributed by atoms with E-state index in [1.807, 2.05) is 0 Å². The van der Waals surface area contributed by atoms with E-state index in [4.69, 9.17) is 9.47 Å². The number of hydrogen-bond donors (Lipinski definition) is 3. The molecule has 1 heterocycles. The second kappa shape index (κ2) is 6.99. The van der Waals surface area contributed by atoms with E-state index in [2.05, 4.69) is 16.2 Å². The number of carbonyl (C=O) groups is 3. The number of fused-ring (bicyclic) bond motifs is 1. The minimum absolute atomic E-state index is 0.115. The van der Waals surface area contributed by atoms with Crippen molar-refractivity contribution in [2.24, 2.45) is 5.92 Å². The summed E-state index contributed by atoms with van der Waals surface area (Å²) in [4.78, 5) is 35.2. The summed E-state index contributed by atoms with van der Waals surface area (Å²) in [5.41, 5.74) is 4.94. The first-order valence-corrected chi connectivity index (χ1v) is 7.15. The van der Waals surface area contributed by atoms with Crippen molar-refractivity contribution in [2.75, 3.05) is 6.79 Å². The summed E-state index contributed by atoms with van der Waals surface area (Å²) in [6, 6.07) is 3.97. The van der Waals surface area contributed by atoms with Crippen LogP contribution in [-0.2, 0) is 9.59 Å². The van der Waals surface area contributed by atoms with E-state index >= 15 is 0 Å². The number of rotatable bonds is 4. The Kier molecular flexibility index (Phi) is 5.05. The van der Waals surface area contributed by atoms with Crippen LogP contribution in [0.2, 0.25) is 0 Å². The number of benzene rings is 1. The molecule has 1 aromatic rings. The first-order valence-electron chi connectivity index (χ1n) is 7.15. The summed E-state index contributed by atoms with van der Waals surface area (Å²) in [5, 5.41) is 2.54. The third-order valence-electron chi connectivity index (χ3n) is 3.24. The largest absolute Gasteiger partial charge is 0.454 e. The van der Waals surface area contributed by atoms with Gasteiger partial charge in [-0.1, -0.05) is 13.8 Å². The molecule has 0 unspecified atom stereocenters. The number of hydrogen-bond acceptors (Lipinski definition) is 5. The van der Waals surface area contributed by atoms with E-state index in [0.29, 0.717) is 17.1 Å². The van der Waals surface area contributed by atoms with Crippen LogP contribution in [0.15, 0.2) is 18.2 Å². The van der Waals surface area contributed by atoms with E-state index in [9.17, 15) is 14.4 Å². The van der Waals surface area contributed by atoms with E-state index in [-0.39, 0.29) is 18.6 Å². The molecule has 0 spiro atoms. The highest BCUT2D eigenvalue weighted by atomic mass is 16.7. The molecule has 23 heavy (non-hydrogen) atoms. The predicted molar refractivity (Wildman–Crippen MR) is 80.6 cm³/mol. The standard InChI is InChI=1S/C15H19N3O5/c1-8(2)13(16-9(3)19)15(21)18-17-14(20)10-4-5-11-12(6-10)23-7-22-11/h4-6,8,13H,7H2,1-3H3,(H,16,19)(H,17,20)(H,18,21)/t13-/m0/s1. The van der Waals surface area contributed by atoms with Gasteiger partial charge in [-0.25, -0.2) is 0 Å². The average molecular weight is 321 g/mol. The maximum Gasteiger partial charge on any atom is 0.269 e. The molecule has 1 atom stereocenters. The number of hydrazine groups is 1. The third kappa shape index (κ3) is 4.12. The van der Waals surface area contributed by atoms with Crippen LogP contribution in [-0.4, -0.2) is 30.6 Å². The van der Waals surface area contributed by atoms with Crippen LogP contribution in [0.3, 0.4) is 0 Å². The quantitative estimate of drug-likeness (QED) is 0.693. The average Bonchev–Trinajstić information content (AvgIpc) is 2.96. The summed E-state index contributed by atoms with van der Waals surface area (Å²) in [6.07, 6.45) is 0. The molecule has 1 aliphatic heterocycles. The van der Waals surface area contributed by atoms with Gasteiger partial charge < -0.3 is 14.8 Å². The molecule has 1 aromatic carbocycles. The molecule has 0 aromatic heterocycles. The summed E-state index contributed by atoms with van der Waals surface area (Å²) in [7, 11) is 0. The van der Waals surface area contributed by atoms with Crippen LogP contribution < -0.4 is 25.6 Å². The van der Waals surface area contributed by atoms with Crippen molar-refractivity contribution < 1.29 is 23.9 Å². The van der Waals surface area contributed by atoms with E-state index < -0.39 is 17.9 Å². The Bertz CT molecular complexity index is 630. The van der Waals surface area contributed by atoms with Gasteiger partial charge >= 0.3 is 0 Å². The van der Waals surface area contributed by atoms with Gasteiger partial charge in [0.15, 0.2) is 11.5 Å².